The van der Waals surface area contributed by atoms with Gasteiger partial charge in [0.2, 0.25) is 11.8 Å². The van der Waals surface area contributed by atoms with Crippen molar-refractivity contribution in [3.8, 4) is 5.69 Å². The lowest BCUT2D eigenvalue weighted by atomic mass is 9.92. The Balaban J connectivity index is 2.22. The molecule has 1 aromatic carbocycles. The van der Waals surface area contributed by atoms with Crippen LogP contribution in [0.15, 0.2) is 30.3 Å². The van der Waals surface area contributed by atoms with Gasteiger partial charge in [0, 0.05) is 23.9 Å². The molecule has 2 amide bonds. The predicted molar refractivity (Wildman–Crippen MR) is 129 cm³/mol. The smallest absolute Gasteiger partial charge is 0.306 e. The number of ether oxygens (including phenoxy) is 1. The summed E-state index contributed by atoms with van der Waals surface area (Å²) in [4.78, 5) is 38.6. The summed E-state index contributed by atoms with van der Waals surface area (Å²) in [6.45, 7) is 11.5. The molecule has 0 aliphatic carbocycles. The number of halogens is 1. The van der Waals surface area contributed by atoms with E-state index in [-0.39, 0.29) is 49.3 Å². The summed E-state index contributed by atoms with van der Waals surface area (Å²) in [7, 11) is 0. The van der Waals surface area contributed by atoms with Crippen LogP contribution >= 0.6 is 11.6 Å². The SMILES string of the molecule is CCOC(=O)CCC(=O)N(CC(=O)Nc1cc(C(C)(C)C)nn1-c1ccccc1Cl)C(C)C. The molecule has 1 N–H and O–H groups in total. The van der Waals surface area contributed by atoms with Gasteiger partial charge in [0.05, 0.1) is 29.4 Å². The van der Waals surface area contributed by atoms with Gasteiger partial charge in [0.25, 0.3) is 0 Å². The molecule has 0 aliphatic heterocycles. The molecule has 8 nitrogen and oxygen atoms in total. The molecule has 9 heteroatoms. The van der Waals surface area contributed by atoms with Crippen LogP contribution in [-0.2, 0) is 24.5 Å². The summed E-state index contributed by atoms with van der Waals surface area (Å²) in [6.07, 6.45) is -0.0399. The minimum Gasteiger partial charge on any atom is -0.466 e. The molecule has 0 aliphatic rings. The third kappa shape index (κ3) is 7.32. The lowest BCUT2D eigenvalue weighted by Crippen LogP contribution is -2.42. The molecule has 1 heterocycles. The largest absolute Gasteiger partial charge is 0.466 e. The topological polar surface area (TPSA) is 93.5 Å². The van der Waals surface area contributed by atoms with Gasteiger partial charge in [-0.05, 0) is 32.9 Å². The lowest BCUT2D eigenvalue weighted by molar-refractivity contribution is -0.146. The summed E-state index contributed by atoms with van der Waals surface area (Å²) >= 11 is 6.38. The zero-order chi connectivity index (χ0) is 24.8. The number of anilines is 1. The molecule has 180 valence electrons. The lowest BCUT2D eigenvalue weighted by Gasteiger charge is -2.26. The Morgan fingerprint density at radius 1 is 1.18 bits per heavy atom. The number of esters is 1. The number of carbonyl (C=O) groups is 3. The average Bonchev–Trinajstić information content (AvgIpc) is 3.14. The van der Waals surface area contributed by atoms with Gasteiger partial charge in [-0.3, -0.25) is 14.4 Å². The van der Waals surface area contributed by atoms with Crippen LogP contribution < -0.4 is 5.32 Å². The van der Waals surface area contributed by atoms with E-state index in [1.54, 1.807) is 17.7 Å². The number of aromatic nitrogens is 2. The van der Waals surface area contributed by atoms with Crippen LogP contribution in [0, 0.1) is 0 Å². The van der Waals surface area contributed by atoms with E-state index in [1.807, 2.05) is 58.9 Å². The number of rotatable bonds is 9. The molecule has 0 bridgehead atoms. The number of hydrogen-bond acceptors (Lipinski definition) is 5. The Kier molecular flexibility index (Phi) is 9.05. The van der Waals surface area contributed by atoms with Crippen molar-refractivity contribution in [1.29, 1.82) is 0 Å². The van der Waals surface area contributed by atoms with Gasteiger partial charge >= 0.3 is 5.97 Å². The van der Waals surface area contributed by atoms with Crippen LogP contribution in [0.5, 0.6) is 0 Å². The maximum atomic E-state index is 12.9. The molecule has 2 aromatic rings. The maximum Gasteiger partial charge on any atom is 0.306 e. The summed E-state index contributed by atoms with van der Waals surface area (Å²) in [5, 5.41) is 8.03. The number of benzene rings is 1. The van der Waals surface area contributed by atoms with Crippen LogP contribution in [0.4, 0.5) is 5.82 Å². The fraction of sp³-hybridized carbons (Fsp3) is 0.500. The van der Waals surface area contributed by atoms with Gasteiger partial charge in [0.15, 0.2) is 0 Å². The second kappa shape index (κ2) is 11.3. The third-order valence-electron chi connectivity index (χ3n) is 4.93. The van der Waals surface area contributed by atoms with Gasteiger partial charge in [-0.25, -0.2) is 4.68 Å². The zero-order valence-corrected chi connectivity index (χ0v) is 20.9. The Morgan fingerprint density at radius 2 is 1.85 bits per heavy atom. The number of nitrogens with zero attached hydrogens (tertiary/aromatic N) is 3. The fourth-order valence-electron chi connectivity index (χ4n) is 3.13. The molecule has 0 unspecified atom stereocenters. The second-order valence-electron chi connectivity index (χ2n) is 9.00. The van der Waals surface area contributed by atoms with E-state index in [0.717, 1.165) is 5.69 Å². The highest BCUT2D eigenvalue weighted by Gasteiger charge is 2.25. The van der Waals surface area contributed by atoms with Crippen molar-refractivity contribution >= 4 is 35.2 Å². The minimum absolute atomic E-state index is 0.0178. The van der Waals surface area contributed by atoms with Gasteiger partial charge < -0.3 is 15.0 Å². The molecule has 0 radical (unpaired) electrons. The van der Waals surface area contributed by atoms with E-state index in [9.17, 15) is 14.4 Å². The number of carbonyl (C=O) groups excluding carboxylic acids is 3. The van der Waals surface area contributed by atoms with Gasteiger partial charge in [-0.15, -0.1) is 0 Å². The van der Waals surface area contributed by atoms with E-state index < -0.39 is 5.97 Å². The monoisotopic (exact) mass is 476 g/mol. The Morgan fingerprint density at radius 3 is 2.42 bits per heavy atom. The summed E-state index contributed by atoms with van der Waals surface area (Å²) in [5.41, 5.74) is 1.17. The van der Waals surface area contributed by atoms with Gasteiger partial charge in [-0.2, -0.15) is 5.10 Å². The van der Waals surface area contributed by atoms with E-state index >= 15 is 0 Å². The van der Waals surface area contributed by atoms with Gasteiger partial charge in [-0.1, -0.05) is 44.5 Å². The van der Waals surface area contributed by atoms with Crippen molar-refractivity contribution in [2.75, 3.05) is 18.5 Å². The summed E-state index contributed by atoms with van der Waals surface area (Å²) < 4.78 is 6.48. The van der Waals surface area contributed by atoms with E-state index in [2.05, 4.69) is 10.4 Å². The van der Waals surface area contributed by atoms with Crippen LogP contribution in [0.3, 0.4) is 0 Å². The van der Waals surface area contributed by atoms with Crippen LogP contribution in [-0.4, -0.2) is 51.7 Å². The zero-order valence-electron chi connectivity index (χ0n) is 20.1. The quantitative estimate of drug-likeness (QED) is 0.543. The molecule has 1 aromatic heterocycles. The highest BCUT2D eigenvalue weighted by Crippen LogP contribution is 2.29. The first-order chi connectivity index (χ1) is 15.4. The maximum absolute atomic E-state index is 12.9. The van der Waals surface area contributed by atoms with Crippen LogP contribution in [0.1, 0.15) is 60.1 Å². The third-order valence-corrected chi connectivity index (χ3v) is 5.25. The van der Waals surface area contributed by atoms with Crippen LogP contribution in [0.2, 0.25) is 5.02 Å². The molecule has 33 heavy (non-hydrogen) atoms. The molecule has 0 spiro atoms. The number of nitrogens with one attached hydrogen (secondary N) is 1. The van der Waals surface area contributed by atoms with Crippen molar-refractivity contribution in [2.45, 2.75) is 65.8 Å². The van der Waals surface area contributed by atoms with E-state index in [0.29, 0.717) is 16.5 Å². The molecule has 0 atom stereocenters. The molecule has 2 rings (SSSR count). The predicted octanol–water partition coefficient (Wildman–Crippen LogP) is 4.34. The van der Waals surface area contributed by atoms with Crippen molar-refractivity contribution in [1.82, 2.24) is 14.7 Å². The fourth-order valence-corrected chi connectivity index (χ4v) is 3.34. The van der Waals surface area contributed by atoms with Crippen molar-refractivity contribution < 1.29 is 19.1 Å². The Bertz CT molecular complexity index is 995. The molecular formula is C24H33ClN4O4. The molecular weight excluding hydrogens is 444 g/mol. The molecule has 0 saturated heterocycles. The van der Waals surface area contributed by atoms with Crippen LogP contribution in [0.25, 0.3) is 5.69 Å². The Hall–Kier alpha value is -2.87. The first kappa shape index (κ1) is 26.4. The molecule has 0 fully saturated rings. The van der Waals surface area contributed by atoms with Crippen molar-refractivity contribution in [3.63, 3.8) is 0 Å². The normalized spacial score (nSPS) is 11.4. The average molecular weight is 477 g/mol. The Labute approximate surface area is 200 Å². The standard InChI is InChI=1S/C24H33ClN4O4/c1-7-33-23(32)13-12-22(31)28(16(2)3)15-21(30)26-20-14-19(24(4,5)6)27-29(20)18-11-9-8-10-17(18)25/h8-11,14,16H,7,12-13,15H2,1-6H3,(H,26,30). The van der Waals surface area contributed by atoms with E-state index in [1.165, 1.54) is 4.90 Å². The number of amides is 2. The minimum atomic E-state index is -0.433. The van der Waals surface area contributed by atoms with Gasteiger partial charge in [0.1, 0.15) is 12.4 Å². The van der Waals surface area contributed by atoms with E-state index in [4.69, 9.17) is 16.3 Å². The second-order valence-corrected chi connectivity index (χ2v) is 9.40. The highest BCUT2D eigenvalue weighted by atomic mass is 35.5. The first-order valence-corrected chi connectivity index (χ1v) is 11.4. The van der Waals surface area contributed by atoms with Crippen molar-refractivity contribution in [2.24, 2.45) is 0 Å². The summed E-state index contributed by atoms with van der Waals surface area (Å²) in [5.74, 6) is -0.636. The number of para-hydroxylation sites is 1. The summed E-state index contributed by atoms with van der Waals surface area (Å²) in [6, 6.07) is 8.82. The highest BCUT2D eigenvalue weighted by molar-refractivity contribution is 6.32. The number of hydrogen-bond donors (Lipinski definition) is 1. The van der Waals surface area contributed by atoms with Crippen molar-refractivity contribution in [3.05, 3.63) is 41.0 Å². The first-order valence-electron chi connectivity index (χ1n) is 11.0. The molecule has 0 saturated carbocycles.